The molecule has 1 aliphatic carbocycles. The average molecular weight is 128 g/mol. The number of nitrogens with two attached hydrogens (primary N) is 2. The number of rotatable bonds is 0. The van der Waals surface area contributed by atoms with Gasteiger partial charge in [0.25, 0.3) is 0 Å². The average Bonchev–Trinajstić information content (AvgIpc) is 1.77. The number of alkyl halides is 1. The molecule has 1 aliphatic rings. The lowest BCUT2D eigenvalue weighted by Gasteiger charge is -2.22. The molecule has 0 saturated carbocycles. The van der Waals surface area contributed by atoms with Gasteiger partial charge in [-0.25, -0.2) is 4.39 Å². The molecular formula is C6H9FN2. The van der Waals surface area contributed by atoms with Gasteiger partial charge in [0.15, 0.2) is 5.79 Å². The first-order valence-electron chi connectivity index (χ1n) is 2.72. The summed E-state index contributed by atoms with van der Waals surface area (Å²) in [6, 6.07) is -0.706. The van der Waals surface area contributed by atoms with Crippen LogP contribution in [0.3, 0.4) is 0 Å². The van der Waals surface area contributed by atoms with Crippen LogP contribution in [0.15, 0.2) is 24.3 Å². The third-order valence-electron chi connectivity index (χ3n) is 1.29. The summed E-state index contributed by atoms with van der Waals surface area (Å²) in [7, 11) is 0. The molecule has 0 heterocycles. The van der Waals surface area contributed by atoms with Crippen LogP contribution in [-0.2, 0) is 0 Å². The van der Waals surface area contributed by atoms with Gasteiger partial charge in [0.2, 0.25) is 0 Å². The predicted octanol–water partition coefficient (Wildman–Crippen LogP) is 0.0642. The number of halogens is 1. The summed E-state index contributed by atoms with van der Waals surface area (Å²) >= 11 is 0. The van der Waals surface area contributed by atoms with Gasteiger partial charge >= 0.3 is 0 Å². The van der Waals surface area contributed by atoms with Crippen LogP contribution in [0.1, 0.15) is 0 Å². The minimum absolute atomic E-state index is 0.706. The Bertz CT molecular complexity index is 160. The number of hydrogen-bond acceptors (Lipinski definition) is 2. The SMILES string of the molecule is NC1C=CC=CC1(N)F. The minimum atomic E-state index is -1.85. The second kappa shape index (κ2) is 1.93. The van der Waals surface area contributed by atoms with E-state index in [-0.39, 0.29) is 0 Å². The van der Waals surface area contributed by atoms with E-state index in [0.29, 0.717) is 0 Å². The molecule has 0 fully saturated rings. The summed E-state index contributed by atoms with van der Waals surface area (Å²) in [5.41, 5.74) is 10.4. The van der Waals surface area contributed by atoms with Crippen LogP contribution < -0.4 is 11.5 Å². The van der Waals surface area contributed by atoms with Gasteiger partial charge < -0.3 is 5.73 Å². The van der Waals surface area contributed by atoms with Crippen LogP contribution in [0.2, 0.25) is 0 Å². The second-order valence-electron chi connectivity index (χ2n) is 2.10. The van der Waals surface area contributed by atoms with E-state index < -0.39 is 11.8 Å². The fourth-order valence-electron chi connectivity index (χ4n) is 0.645. The molecule has 1 rings (SSSR count). The summed E-state index contributed by atoms with van der Waals surface area (Å²) < 4.78 is 12.8. The molecule has 0 saturated heterocycles. The Balaban J connectivity index is 2.78. The lowest BCUT2D eigenvalue weighted by atomic mass is 10.0. The van der Waals surface area contributed by atoms with Crippen molar-refractivity contribution in [2.75, 3.05) is 0 Å². The third-order valence-corrected chi connectivity index (χ3v) is 1.29. The van der Waals surface area contributed by atoms with Crippen molar-refractivity contribution in [2.45, 2.75) is 11.8 Å². The molecule has 2 atom stereocenters. The molecule has 0 aromatic carbocycles. The lowest BCUT2D eigenvalue weighted by Crippen LogP contribution is -2.49. The summed E-state index contributed by atoms with van der Waals surface area (Å²) in [4.78, 5) is 0. The molecule has 0 spiro atoms. The second-order valence-corrected chi connectivity index (χ2v) is 2.10. The minimum Gasteiger partial charge on any atom is -0.320 e. The largest absolute Gasteiger partial charge is 0.320 e. The maximum absolute atomic E-state index is 12.8. The Morgan fingerprint density at radius 1 is 1.44 bits per heavy atom. The van der Waals surface area contributed by atoms with Crippen molar-refractivity contribution in [3.63, 3.8) is 0 Å². The van der Waals surface area contributed by atoms with Crippen molar-refractivity contribution in [1.29, 1.82) is 0 Å². The molecule has 4 N–H and O–H groups in total. The van der Waals surface area contributed by atoms with Crippen molar-refractivity contribution < 1.29 is 4.39 Å². The Morgan fingerprint density at radius 3 is 2.44 bits per heavy atom. The zero-order chi connectivity index (χ0) is 6.91. The van der Waals surface area contributed by atoms with E-state index in [9.17, 15) is 4.39 Å². The monoisotopic (exact) mass is 128 g/mol. The first-order chi connectivity index (χ1) is 4.13. The molecule has 0 radical (unpaired) electrons. The van der Waals surface area contributed by atoms with E-state index in [1.807, 2.05) is 0 Å². The summed E-state index contributed by atoms with van der Waals surface area (Å²) in [6.07, 6.45) is 6.00. The smallest absolute Gasteiger partial charge is 0.196 e. The van der Waals surface area contributed by atoms with Crippen LogP contribution in [-0.4, -0.2) is 11.8 Å². The Kier molecular flexibility index (Phi) is 1.38. The summed E-state index contributed by atoms with van der Waals surface area (Å²) in [6.45, 7) is 0. The van der Waals surface area contributed by atoms with Gasteiger partial charge in [-0.1, -0.05) is 18.2 Å². The van der Waals surface area contributed by atoms with Gasteiger partial charge in [0, 0.05) is 0 Å². The zero-order valence-corrected chi connectivity index (χ0v) is 4.92. The molecule has 3 heteroatoms. The van der Waals surface area contributed by atoms with Gasteiger partial charge in [-0.15, -0.1) is 0 Å². The molecule has 2 nitrogen and oxygen atoms in total. The summed E-state index contributed by atoms with van der Waals surface area (Å²) in [5, 5.41) is 0. The maximum atomic E-state index is 12.8. The highest BCUT2D eigenvalue weighted by molar-refractivity contribution is 5.22. The van der Waals surface area contributed by atoms with E-state index in [2.05, 4.69) is 0 Å². The molecular weight excluding hydrogens is 119 g/mol. The van der Waals surface area contributed by atoms with Gasteiger partial charge in [-0.3, -0.25) is 5.73 Å². The fraction of sp³-hybridized carbons (Fsp3) is 0.333. The van der Waals surface area contributed by atoms with Crippen molar-refractivity contribution in [3.8, 4) is 0 Å². The maximum Gasteiger partial charge on any atom is 0.196 e. The van der Waals surface area contributed by atoms with Gasteiger partial charge in [-0.2, -0.15) is 0 Å². The molecule has 0 amide bonds. The van der Waals surface area contributed by atoms with E-state index in [0.717, 1.165) is 0 Å². The van der Waals surface area contributed by atoms with E-state index in [1.54, 1.807) is 12.2 Å². The van der Waals surface area contributed by atoms with Crippen molar-refractivity contribution >= 4 is 0 Å². The topological polar surface area (TPSA) is 52.0 Å². The van der Waals surface area contributed by atoms with E-state index in [4.69, 9.17) is 11.5 Å². The van der Waals surface area contributed by atoms with Crippen LogP contribution in [0, 0.1) is 0 Å². The standard InChI is InChI=1S/C6H9FN2/c7-6(9)4-2-1-3-5(6)8/h1-5H,8-9H2. The lowest BCUT2D eigenvalue weighted by molar-refractivity contribution is 0.215. The molecule has 50 valence electrons. The van der Waals surface area contributed by atoms with E-state index >= 15 is 0 Å². The Labute approximate surface area is 53.0 Å². The highest BCUT2D eigenvalue weighted by Gasteiger charge is 2.28. The number of hydrogen-bond donors (Lipinski definition) is 2. The quantitative estimate of drug-likeness (QED) is 0.453. The third kappa shape index (κ3) is 1.17. The van der Waals surface area contributed by atoms with Crippen LogP contribution in [0.4, 0.5) is 4.39 Å². The number of allylic oxidation sites excluding steroid dienone is 2. The van der Waals surface area contributed by atoms with Gasteiger partial charge in [0.1, 0.15) is 0 Å². The normalized spacial score (nSPS) is 41.4. The molecule has 0 aliphatic heterocycles. The Morgan fingerprint density at radius 2 is 2.11 bits per heavy atom. The molecule has 0 aromatic rings. The van der Waals surface area contributed by atoms with Crippen molar-refractivity contribution in [2.24, 2.45) is 11.5 Å². The zero-order valence-electron chi connectivity index (χ0n) is 4.92. The Hall–Kier alpha value is -0.670. The van der Waals surface area contributed by atoms with Gasteiger partial charge in [-0.05, 0) is 6.08 Å². The van der Waals surface area contributed by atoms with E-state index in [1.165, 1.54) is 12.2 Å². The molecule has 0 aromatic heterocycles. The fourth-order valence-corrected chi connectivity index (χ4v) is 0.645. The predicted molar refractivity (Wildman–Crippen MR) is 34.3 cm³/mol. The first-order valence-corrected chi connectivity index (χ1v) is 2.72. The van der Waals surface area contributed by atoms with Crippen LogP contribution >= 0.6 is 0 Å². The highest BCUT2D eigenvalue weighted by Crippen LogP contribution is 2.13. The van der Waals surface area contributed by atoms with Gasteiger partial charge in [0.05, 0.1) is 6.04 Å². The summed E-state index contributed by atoms with van der Waals surface area (Å²) in [5.74, 6) is -1.85. The first kappa shape index (κ1) is 6.45. The molecule has 9 heavy (non-hydrogen) atoms. The van der Waals surface area contributed by atoms with Crippen LogP contribution in [0.25, 0.3) is 0 Å². The molecule has 0 bridgehead atoms. The van der Waals surface area contributed by atoms with Crippen molar-refractivity contribution in [3.05, 3.63) is 24.3 Å². The van der Waals surface area contributed by atoms with Crippen LogP contribution in [0.5, 0.6) is 0 Å². The highest BCUT2D eigenvalue weighted by atomic mass is 19.1. The van der Waals surface area contributed by atoms with Crippen molar-refractivity contribution in [1.82, 2.24) is 0 Å². The molecule has 2 unspecified atom stereocenters.